The number of aryl methyl sites for hydroxylation is 1. The fraction of sp³-hybridized carbons (Fsp3) is 0.300. The summed E-state index contributed by atoms with van der Waals surface area (Å²) in [6, 6.07) is 7.67. The number of benzene rings is 2. The molecule has 0 unspecified atom stereocenters. The number of fused-ring (bicyclic) bond motifs is 1. The predicted molar refractivity (Wildman–Crippen MR) is 110 cm³/mol. The molecule has 0 saturated carbocycles. The van der Waals surface area contributed by atoms with Crippen LogP contribution >= 0.6 is 23.2 Å². The van der Waals surface area contributed by atoms with E-state index in [4.69, 9.17) is 23.2 Å². The standard InChI is InChI=1S/C20H19Cl2FN2O2S/c1-12-8-20(18(22)10-17(12)21)28(26,27)25-6-4-13(5-7-25)16-11-24-19-3-2-14(23)9-15(16)19/h2-3,8-11,13,24H,4-7H2,1H3. The Morgan fingerprint density at radius 1 is 1.11 bits per heavy atom. The number of sulfonamides is 1. The van der Waals surface area contributed by atoms with Crippen molar-refractivity contribution < 1.29 is 12.8 Å². The van der Waals surface area contributed by atoms with Crippen LogP contribution in [0.5, 0.6) is 0 Å². The summed E-state index contributed by atoms with van der Waals surface area (Å²) >= 11 is 12.2. The van der Waals surface area contributed by atoms with Crippen LogP contribution in [-0.4, -0.2) is 30.8 Å². The molecule has 0 spiro atoms. The number of nitrogens with one attached hydrogen (secondary N) is 1. The first-order valence-corrected chi connectivity index (χ1v) is 11.2. The molecule has 0 bridgehead atoms. The first kappa shape index (κ1) is 19.7. The Morgan fingerprint density at radius 3 is 2.54 bits per heavy atom. The fourth-order valence-electron chi connectivity index (χ4n) is 3.83. The maximum atomic E-state index is 13.6. The number of piperidine rings is 1. The van der Waals surface area contributed by atoms with E-state index in [-0.39, 0.29) is 21.7 Å². The topological polar surface area (TPSA) is 53.2 Å². The number of aromatic amines is 1. The molecule has 0 atom stereocenters. The third-order valence-corrected chi connectivity index (χ3v) is 8.17. The van der Waals surface area contributed by atoms with Crippen LogP contribution in [0.15, 0.2) is 41.4 Å². The first-order valence-electron chi connectivity index (χ1n) is 8.99. The van der Waals surface area contributed by atoms with Crippen LogP contribution < -0.4 is 0 Å². The lowest BCUT2D eigenvalue weighted by molar-refractivity contribution is 0.320. The number of halogens is 3. The largest absolute Gasteiger partial charge is 0.361 e. The van der Waals surface area contributed by atoms with Gasteiger partial charge in [0.15, 0.2) is 0 Å². The summed E-state index contributed by atoms with van der Waals surface area (Å²) in [5.41, 5.74) is 2.59. The summed E-state index contributed by atoms with van der Waals surface area (Å²) in [7, 11) is -3.70. The van der Waals surface area contributed by atoms with Crippen LogP contribution in [0.25, 0.3) is 10.9 Å². The Hall–Kier alpha value is -1.60. The van der Waals surface area contributed by atoms with Crippen molar-refractivity contribution >= 4 is 44.1 Å². The molecular weight excluding hydrogens is 422 g/mol. The van der Waals surface area contributed by atoms with Crippen LogP contribution in [0.3, 0.4) is 0 Å². The van der Waals surface area contributed by atoms with Gasteiger partial charge in [-0.1, -0.05) is 23.2 Å². The zero-order valence-corrected chi connectivity index (χ0v) is 17.5. The fourth-order valence-corrected chi connectivity index (χ4v) is 6.10. The third kappa shape index (κ3) is 3.43. The second kappa shape index (κ2) is 7.34. The second-order valence-electron chi connectivity index (χ2n) is 7.14. The highest BCUT2D eigenvalue weighted by Gasteiger charge is 2.32. The van der Waals surface area contributed by atoms with Gasteiger partial charge < -0.3 is 4.98 Å². The molecular formula is C20H19Cl2FN2O2S. The van der Waals surface area contributed by atoms with Crippen molar-refractivity contribution in [1.29, 1.82) is 0 Å². The number of aromatic nitrogens is 1. The summed E-state index contributed by atoms with van der Waals surface area (Å²) in [5.74, 6) is -0.106. The average Bonchev–Trinajstić information content (AvgIpc) is 3.07. The van der Waals surface area contributed by atoms with Crippen molar-refractivity contribution in [3.05, 3.63) is 63.5 Å². The Balaban J connectivity index is 1.57. The van der Waals surface area contributed by atoms with E-state index in [1.165, 1.54) is 28.6 Å². The van der Waals surface area contributed by atoms with Crippen LogP contribution in [0, 0.1) is 12.7 Å². The van der Waals surface area contributed by atoms with E-state index in [1.54, 1.807) is 13.0 Å². The smallest absolute Gasteiger partial charge is 0.244 e. The van der Waals surface area contributed by atoms with E-state index >= 15 is 0 Å². The molecule has 1 aromatic heterocycles. The van der Waals surface area contributed by atoms with Crippen molar-refractivity contribution in [2.24, 2.45) is 0 Å². The highest BCUT2D eigenvalue weighted by Crippen LogP contribution is 2.36. The van der Waals surface area contributed by atoms with Gasteiger partial charge in [0.2, 0.25) is 10.0 Å². The summed E-state index contributed by atoms with van der Waals surface area (Å²) in [6.07, 6.45) is 3.22. The zero-order valence-electron chi connectivity index (χ0n) is 15.2. The molecule has 3 aromatic rings. The Kier molecular flexibility index (Phi) is 5.16. The van der Waals surface area contributed by atoms with Gasteiger partial charge in [0.25, 0.3) is 0 Å². The number of H-pyrrole nitrogens is 1. The molecule has 4 rings (SSSR count). The van der Waals surface area contributed by atoms with Crippen molar-refractivity contribution in [3.8, 4) is 0 Å². The van der Waals surface area contributed by atoms with E-state index in [1.807, 2.05) is 6.20 Å². The van der Waals surface area contributed by atoms with Crippen LogP contribution in [0.2, 0.25) is 10.0 Å². The molecule has 2 aromatic carbocycles. The molecule has 1 aliphatic rings. The second-order valence-corrected chi connectivity index (χ2v) is 9.86. The molecule has 28 heavy (non-hydrogen) atoms. The summed E-state index contributed by atoms with van der Waals surface area (Å²) < 4.78 is 41.2. The molecule has 0 radical (unpaired) electrons. The lowest BCUT2D eigenvalue weighted by Gasteiger charge is -2.31. The molecule has 0 aliphatic carbocycles. The molecule has 0 amide bonds. The Morgan fingerprint density at radius 2 is 1.82 bits per heavy atom. The number of rotatable bonds is 3. The Labute approximate surface area is 173 Å². The molecule has 1 fully saturated rings. The quantitative estimate of drug-likeness (QED) is 0.585. The molecule has 2 heterocycles. The van der Waals surface area contributed by atoms with Crippen molar-refractivity contribution in [2.45, 2.75) is 30.6 Å². The number of hydrogen-bond acceptors (Lipinski definition) is 2. The Bertz CT molecular complexity index is 1150. The molecule has 1 N–H and O–H groups in total. The number of nitrogens with zero attached hydrogens (tertiary/aromatic N) is 1. The van der Waals surface area contributed by atoms with E-state index in [2.05, 4.69) is 4.98 Å². The molecule has 148 valence electrons. The normalized spacial score (nSPS) is 16.7. The predicted octanol–water partition coefficient (Wildman–Crippen LogP) is 5.49. The van der Waals surface area contributed by atoms with Crippen LogP contribution in [0.4, 0.5) is 4.39 Å². The summed E-state index contributed by atoms with van der Waals surface area (Å²) in [5, 5.41) is 1.43. The zero-order chi connectivity index (χ0) is 20.1. The van der Waals surface area contributed by atoms with Gasteiger partial charge in [-0.15, -0.1) is 0 Å². The van der Waals surface area contributed by atoms with Gasteiger partial charge in [-0.05, 0) is 67.1 Å². The van der Waals surface area contributed by atoms with E-state index in [9.17, 15) is 12.8 Å². The maximum absolute atomic E-state index is 13.6. The average molecular weight is 441 g/mol. The van der Waals surface area contributed by atoms with E-state index < -0.39 is 10.0 Å². The lowest BCUT2D eigenvalue weighted by Crippen LogP contribution is -2.38. The number of hydrogen-bond donors (Lipinski definition) is 1. The van der Waals surface area contributed by atoms with E-state index in [0.717, 1.165) is 16.5 Å². The minimum absolute atomic E-state index is 0.0867. The molecule has 8 heteroatoms. The van der Waals surface area contributed by atoms with Crippen LogP contribution in [0.1, 0.15) is 29.9 Å². The SMILES string of the molecule is Cc1cc(S(=O)(=O)N2CCC(c3c[nH]c4ccc(F)cc34)CC2)c(Cl)cc1Cl. The third-order valence-electron chi connectivity index (χ3n) is 5.40. The van der Waals surface area contributed by atoms with Gasteiger partial charge in [0, 0.05) is 35.2 Å². The van der Waals surface area contributed by atoms with Crippen molar-refractivity contribution in [2.75, 3.05) is 13.1 Å². The van der Waals surface area contributed by atoms with Crippen molar-refractivity contribution in [1.82, 2.24) is 9.29 Å². The highest BCUT2D eigenvalue weighted by molar-refractivity contribution is 7.89. The van der Waals surface area contributed by atoms with Crippen LogP contribution in [-0.2, 0) is 10.0 Å². The maximum Gasteiger partial charge on any atom is 0.244 e. The minimum Gasteiger partial charge on any atom is -0.361 e. The first-order chi connectivity index (χ1) is 13.3. The summed E-state index contributed by atoms with van der Waals surface area (Å²) in [4.78, 5) is 3.26. The summed E-state index contributed by atoms with van der Waals surface area (Å²) in [6.45, 7) is 2.51. The molecule has 4 nitrogen and oxygen atoms in total. The van der Waals surface area contributed by atoms with E-state index in [0.29, 0.717) is 36.5 Å². The van der Waals surface area contributed by atoms with Gasteiger partial charge in [0.05, 0.1) is 5.02 Å². The molecule has 1 aliphatic heterocycles. The minimum atomic E-state index is -3.70. The molecule has 1 saturated heterocycles. The highest BCUT2D eigenvalue weighted by atomic mass is 35.5. The van der Waals surface area contributed by atoms with Gasteiger partial charge in [-0.25, -0.2) is 12.8 Å². The van der Waals surface area contributed by atoms with Gasteiger partial charge >= 0.3 is 0 Å². The van der Waals surface area contributed by atoms with Crippen molar-refractivity contribution in [3.63, 3.8) is 0 Å². The van der Waals surface area contributed by atoms with Gasteiger partial charge in [0.1, 0.15) is 10.7 Å². The monoisotopic (exact) mass is 440 g/mol. The van der Waals surface area contributed by atoms with Gasteiger partial charge in [-0.3, -0.25) is 0 Å². The van der Waals surface area contributed by atoms with Gasteiger partial charge in [-0.2, -0.15) is 4.31 Å². The lowest BCUT2D eigenvalue weighted by atomic mass is 9.90.